The molecule has 1 aromatic rings. The van der Waals surface area contributed by atoms with Crippen molar-refractivity contribution < 1.29 is 10.2 Å². The van der Waals surface area contributed by atoms with Gasteiger partial charge in [0, 0.05) is 19.1 Å². The third-order valence-electron chi connectivity index (χ3n) is 2.51. The van der Waals surface area contributed by atoms with E-state index in [2.05, 4.69) is 0 Å². The van der Waals surface area contributed by atoms with Crippen LogP contribution in [-0.2, 0) is 0 Å². The van der Waals surface area contributed by atoms with E-state index in [1.807, 2.05) is 0 Å². The highest BCUT2D eigenvalue weighted by molar-refractivity contribution is 5.54. The van der Waals surface area contributed by atoms with Crippen molar-refractivity contribution in [1.82, 2.24) is 4.65 Å². The Balaban J connectivity index is 2.42. The number of nitrogens with zero attached hydrogens (tertiary/aromatic N) is 1. The number of benzene rings is 1. The molecule has 2 atom stereocenters. The normalized spacial score (nSPS) is 35.4. The third kappa shape index (κ3) is 1.05. The summed E-state index contributed by atoms with van der Waals surface area (Å²) in [5.74, 6) is 0.101. The molecule has 2 unspecified atom stereocenters. The first kappa shape index (κ1) is 9.21. The van der Waals surface area contributed by atoms with Crippen LogP contribution in [0.15, 0.2) is 36.5 Å². The molecule has 1 aliphatic rings. The van der Waals surface area contributed by atoms with Gasteiger partial charge in [-0.25, -0.2) is 0 Å². The predicted octanol–water partition coefficient (Wildman–Crippen LogP) is 1.43. The number of hydrogen-bond acceptors (Lipinski definition) is 3. The molecule has 0 saturated carbocycles. The van der Waals surface area contributed by atoms with Gasteiger partial charge < -0.3 is 15.4 Å². The summed E-state index contributed by atoms with van der Waals surface area (Å²) < 4.78 is -0.896. The first-order chi connectivity index (χ1) is 6.46. The molecular formula is C10H11NO3. The Labute approximate surface area is 81.5 Å². The van der Waals surface area contributed by atoms with Gasteiger partial charge in [-0.15, -0.1) is 0 Å². The van der Waals surface area contributed by atoms with Crippen LogP contribution in [-0.4, -0.2) is 15.9 Å². The van der Waals surface area contributed by atoms with E-state index in [1.165, 1.54) is 43.5 Å². The zero-order valence-electron chi connectivity index (χ0n) is 7.71. The molecule has 4 heteroatoms. The maximum Gasteiger partial charge on any atom is 0.231 e. The minimum absolute atomic E-state index is 0.101. The lowest BCUT2D eigenvalue weighted by molar-refractivity contribution is -0.0171. The Morgan fingerprint density at radius 3 is 2.21 bits per heavy atom. The van der Waals surface area contributed by atoms with Crippen molar-refractivity contribution in [3.05, 3.63) is 41.7 Å². The third-order valence-corrected chi connectivity index (χ3v) is 2.51. The zero-order chi connectivity index (χ0) is 10.4. The lowest BCUT2D eigenvalue weighted by Crippen LogP contribution is -2.61. The SMILES string of the molecule is CC1(O)C=C[N+]1([O-])c1ccc(O)cc1. The van der Waals surface area contributed by atoms with Crippen molar-refractivity contribution >= 4 is 5.69 Å². The number of aromatic hydroxyl groups is 1. The molecule has 1 aromatic carbocycles. The Hall–Kier alpha value is -1.36. The summed E-state index contributed by atoms with van der Waals surface area (Å²) in [5.41, 5.74) is -1.01. The quantitative estimate of drug-likeness (QED) is 0.524. The van der Waals surface area contributed by atoms with Crippen molar-refractivity contribution in [2.75, 3.05) is 0 Å². The average molecular weight is 193 g/mol. The predicted molar refractivity (Wildman–Crippen MR) is 53.0 cm³/mol. The molecule has 0 saturated heterocycles. The van der Waals surface area contributed by atoms with E-state index >= 15 is 0 Å². The maximum atomic E-state index is 12.0. The van der Waals surface area contributed by atoms with Gasteiger partial charge in [0.1, 0.15) is 17.6 Å². The molecule has 1 aliphatic heterocycles. The molecule has 74 valence electrons. The number of quaternary nitrogens is 1. The van der Waals surface area contributed by atoms with E-state index in [-0.39, 0.29) is 5.75 Å². The van der Waals surface area contributed by atoms with Gasteiger partial charge in [0.05, 0.1) is 6.08 Å². The van der Waals surface area contributed by atoms with E-state index in [4.69, 9.17) is 5.11 Å². The molecule has 0 bridgehead atoms. The fourth-order valence-corrected chi connectivity index (χ4v) is 1.45. The minimum atomic E-state index is -1.41. The molecule has 0 aliphatic carbocycles. The average Bonchev–Trinajstić information content (AvgIpc) is 2.16. The molecule has 0 amide bonds. The summed E-state index contributed by atoms with van der Waals surface area (Å²) >= 11 is 0. The molecule has 0 fully saturated rings. The number of phenols is 1. The van der Waals surface area contributed by atoms with Crippen LogP contribution in [0.3, 0.4) is 0 Å². The topological polar surface area (TPSA) is 63.5 Å². The highest BCUT2D eigenvalue weighted by atomic mass is 16.6. The van der Waals surface area contributed by atoms with E-state index in [9.17, 15) is 10.3 Å². The molecule has 0 spiro atoms. The van der Waals surface area contributed by atoms with Crippen LogP contribution in [0.25, 0.3) is 0 Å². The number of phenolic OH excluding ortho intramolecular Hbond substituents is 1. The lowest BCUT2D eigenvalue weighted by Gasteiger charge is -2.52. The van der Waals surface area contributed by atoms with Gasteiger partial charge in [0.2, 0.25) is 5.72 Å². The fraction of sp³-hybridized carbons (Fsp3) is 0.200. The van der Waals surface area contributed by atoms with Gasteiger partial charge in [-0.2, -0.15) is 0 Å². The molecule has 1 heterocycles. The van der Waals surface area contributed by atoms with E-state index in [0.29, 0.717) is 5.69 Å². The van der Waals surface area contributed by atoms with E-state index in [1.54, 1.807) is 0 Å². The second kappa shape index (κ2) is 2.57. The molecule has 2 rings (SSSR count). The zero-order valence-corrected chi connectivity index (χ0v) is 7.71. The summed E-state index contributed by atoms with van der Waals surface area (Å²) in [6.07, 6.45) is 2.82. The van der Waals surface area contributed by atoms with Gasteiger partial charge in [-0.3, -0.25) is 4.65 Å². The lowest BCUT2D eigenvalue weighted by atomic mass is 10.1. The highest BCUT2D eigenvalue weighted by Gasteiger charge is 2.45. The molecule has 14 heavy (non-hydrogen) atoms. The van der Waals surface area contributed by atoms with Crippen molar-refractivity contribution in [3.8, 4) is 5.75 Å². The number of hydrogen-bond donors (Lipinski definition) is 2. The Morgan fingerprint density at radius 2 is 1.86 bits per heavy atom. The first-order valence-electron chi connectivity index (χ1n) is 4.28. The van der Waals surface area contributed by atoms with Crippen molar-refractivity contribution in [2.45, 2.75) is 12.6 Å². The fourth-order valence-electron chi connectivity index (χ4n) is 1.45. The molecule has 4 nitrogen and oxygen atoms in total. The van der Waals surface area contributed by atoms with Crippen molar-refractivity contribution in [1.29, 1.82) is 0 Å². The van der Waals surface area contributed by atoms with Gasteiger partial charge in [-0.05, 0) is 12.1 Å². The summed E-state index contributed by atoms with van der Waals surface area (Å²) in [6.45, 7) is 1.45. The number of rotatable bonds is 1. The number of hydroxylamine groups is 2. The van der Waals surface area contributed by atoms with E-state index < -0.39 is 10.4 Å². The molecule has 0 radical (unpaired) electrons. The molecular weight excluding hydrogens is 182 g/mol. The van der Waals surface area contributed by atoms with Crippen LogP contribution in [0.5, 0.6) is 5.75 Å². The molecule has 2 N–H and O–H groups in total. The summed E-state index contributed by atoms with van der Waals surface area (Å²) in [6, 6.07) is 5.85. The van der Waals surface area contributed by atoms with E-state index in [0.717, 1.165) is 0 Å². The van der Waals surface area contributed by atoms with Gasteiger partial charge in [0.15, 0.2) is 0 Å². The smallest absolute Gasteiger partial charge is 0.231 e. The maximum absolute atomic E-state index is 12.0. The summed E-state index contributed by atoms with van der Waals surface area (Å²) in [4.78, 5) is 0. The largest absolute Gasteiger partial charge is 0.620 e. The Morgan fingerprint density at radius 1 is 1.29 bits per heavy atom. The second-order valence-corrected chi connectivity index (χ2v) is 3.58. The van der Waals surface area contributed by atoms with Crippen LogP contribution in [0.2, 0.25) is 0 Å². The van der Waals surface area contributed by atoms with Gasteiger partial charge in [-0.1, -0.05) is 0 Å². The monoisotopic (exact) mass is 193 g/mol. The summed E-state index contributed by atoms with van der Waals surface area (Å²) in [5, 5.41) is 30.8. The van der Waals surface area contributed by atoms with Crippen LogP contribution in [0, 0.1) is 5.21 Å². The van der Waals surface area contributed by atoms with Crippen LogP contribution in [0.1, 0.15) is 6.92 Å². The van der Waals surface area contributed by atoms with Crippen molar-refractivity contribution in [2.24, 2.45) is 0 Å². The number of aliphatic hydroxyl groups is 1. The molecule has 0 aromatic heterocycles. The van der Waals surface area contributed by atoms with Crippen LogP contribution in [0.4, 0.5) is 5.69 Å². The van der Waals surface area contributed by atoms with Crippen molar-refractivity contribution in [3.63, 3.8) is 0 Å². The Bertz CT molecular complexity index is 383. The van der Waals surface area contributed by atoms with Gasteiger partial charge in [0.25, 0.3) is 0 Å². The second-order valence-electron chi connectivity index (χ2n) is 3.58. The minimum Gasteiger partial charge on any atom is -0.620 e. The van der Waals surface area contributed by atoms with Crippen LogP contribution < -0.4 is 4.65 Å². The Kier molecular flexibility index (Phi) is 1.69. The standard InChI is InChI=1S/C10H11NO3/c1-10(13)6-7-11(10,14)8-2-4-9(12)5-3-8/h2-7,12-13H,1H3. The summed E-state index contributed by atoms with van der Waals surface area (Å²) in [7, 11) is 0. The van der Waals surface area contributed by atoms with Crippen LogP contribution >= 0.6 is 0 Å². The highest BCUT2D eigenvalue weighted by Crippen LogP contribution is 2.39. The first-order valence-corrected chi connectivity index (χ1v) is 4.28. The van der Waals surface area contributed by atoms with Gasteiger partial charge >= 0.3 is 0 Å².